The molecule has 22 heavy (non-hydrogen) atoms. The average Bonchev–Trinajstić information content (AvgIpc) is 2.76. The van der Waals surface area contributed by atoms with Crippen molar-refractivity contribution in [1.82, 2.24) is 9.97 Å². The van der Waals surface area contributed by atoms with Gasteiger partial charge in [-0.25, -0.2) is 9.97 Å². The number of aryl methyl sites for hydroxylation is 1. The zero-order valence-corrected chi connectivity index (χ0v) is 13.9. The SMILES string of the molecule is Cc1nc(NC2CCCCCC2)cc(NC2CCCCC2)n1. The van der Waals surface area contributed by atoms with Crippen LogP contribution in [0.15, 0.2) is 6.07 Å². The number of aromatic nitrogens is 2. The standard InChI is InChI=1S/C18H30N4/c1-14-19-17(21-15-9-5-2-3-6-10-15)13-18(20-14)22-16-11-7-4-8-12-16/h13,15-16H,2-12H2,1H3,(H2,19,20,21,22). The summed E-state index contributed by atoms with van der Waals surface area (Å²) >= 11 is 0. The van der Waals surface area contributed by atoms with Crippen molar-refractivity contribution in [2.24, 2.45) is 0 Å². The van der Waals surface area contributed by atoms with Crippen LogP contribution in [0.5, 0.6) is 0 Å². The summed E-state index contributed by atoms with van der Waals surface area (Å²) in [5.41, 5.74) is 0. The Bertz CT molecular complexity index is 460. The smallest absolute Gasteiger partial charge is 0.132 e. The Labute approximate surface area is 134 Å². The molecule has 0 bridgehead atoms. The molecule has 4 heteroatoms. The van der Waals surface area contributed by atoms with Crippen LogP contribution in [0.2, 0.25) is 0 Å². The van der Waals surface area contributed by atoms with Crippen LogP contribution in [0.4, 0.5) is 11.6 Å². The van der Waals surface area contributed by atoms with Crippen LogP contribution in [0.3, 0.4) is 0 Å². The Kier molecular flexibility index (Phi) is 5.52. The molecule has 0 aliphatic heterocycles. The lowest BCUT2D eigenvalue weighted by Crippen LogP contribution is -2.24. The Hall–Kier alpha value is -1.32. The van der Waals surface area contributed by atoms with Gasteiger partial charge in [0, 0.05) is 18.2 Å². The molecule has 0 spiro atoms. The van der Waals surface area contributed by atoms with Gasteiger partial charge in [0.1, 0.15) is 17.5 Å². The molecule has 0 atom stereocenters. The van der Waals surface area contributed by atoms with E-state index in [4.69, 9.17) is 0 Å². The summed E-state index contributed by atoms with van der Waals surface area (Å²) in [6, 6.07) is 3.28. The van der Waals surface area contributed by atoms with Gasteiger partial charge in [0.15, 0.2) is 0 Å². The second-order valence-corrected chi connectivity index (χ2v) is 7.00. The highest BCUT2D eigenvalue weighted by Gasteiger charge is 2.16. The van der Waals surface area contributed by atoms with E-state index < -0.39 is 0 Å². The van der Waals surface area contributed by atoms with Crippen LogP contribution in [-0.2, 0) is 0 Å². The Morgan fingerprint density at radius 3 is 1.59 bits per heavy atom. The van der Waals surface area contributed by atoms with Gasteiger partial charge in [-0.2, -0.15) is 0 Å². The summed E-state index contributed by atoms with van der Waals surface area (Å²) < 4.78 is 0. The van der Waals surface area contributed by atoms with Gasteiger partial charge in [0.05, 0.1) is 0 Å². The van der Waals surface area contributed by atoms with E-state index in [9.17, 15) is 0 Å². The van der Waals surface area contributed by atoms with Gasteiger partial charge in [0.25, 0.3) is 0 Å². The van der Waals surface area contributed by atoms with Crippen LogP contribution >= 0.6 is 0 Å². The molecule has 0 saturated heterocycles. The van der Waals surface area contributed by atoms with Crippen molar-refractivity contribution >= 4 is 11.6 Å². The lowest BCUT2D eigenvalue weighted by molar-refractivity contribution is 0.461. The van der Waals surface area contributed by atoms with E-state index in [1.165, 1.54) is 70.6 Å². The normalized spacial score (nSPS) is 21.3. The van der Waals surface area contributed by atoms with Crippen LogP contribution in [0.25, 0.3) is 0 Å². The molecule has 2 aliphatic rings. The van der Waals surface area contributed by atoms with Crippen LogP contribution in [0.1, 0.15) is 76.5 Å². The number of nitrogens with zero attached hydrogens (tertiary/aromatic N) is 2. The van der Waals surface area contributed by atoms with E-state index in [-0.39, 0.29) is 0 Å². The van der Waals surface area contributed by atoms with Crippen LogP contribution in [0, 0.1) is 6.92 Å². The minimum Gasteiger partial charge on any atom is -0.367 e. The molecule has 4 nitrogen and oxygen atoms in total. The number of hydrogen-bond acceptors (Lipinski definition) is 4. The summed E-state index contributed by atoms with van der Waals surface area (Å²) in [6.07, 6.45) is 14.6. The molecule has 2 N–H and O–H groups in total. The topological polar surface area (TPSA) is 49.8 Å². The second-order valence-electron chi connectivity index (χ2n) is 7.00. The number of rotatable bonds is 4. The summed E-state index contributed by atoms with van der Waals surface area (Å²) in [4.78, 5) is 9.17. The summed E-state index contributed by atoms with van der Waals surface area (Å²) in [5, 5.41) is 7.27. The molecular formula is C18H30N4. The van der Waals surface area contributed by atoms with Gasteiger partial charge in [-0.1, -0.05) is 44.9 Å². The lowest BCUT2D eigenvalue weighted by Gasteiger charge is -2.24. The largest absolute Gasteiger partial charge is 0.367 e. The number of hydrogen-bond donors (Lipinski definition) is 2. The zero-order chi connectivity index (χ0) is 15.2. The molecule has 3 rings (SSSR count). The van der Waals surface area contributed by atoms with Gasteiger partial charge in [-0.15, -0.1) is 0 Å². The predicted octanol–water partition coefficient (Wildman–Crippen LogP) is 4.66. The molecule has 2 saturated carbocycles. The van der Waals surface area contributed by atoms with Crippen LogP contribution < -0.4 is 10.6 Å². The van der Waals surface area contributed by atoms with Crippen molar-refractivity contribution < 1.29 is 0 Å². The second kappa shape index (κ2) is 7.80. The lowest BCUT2D eigenvalue weighted by atomic mass is 9.95. The number of anilines is 2. The Balaban J connectivity index is 1.63. The monoisotopic (exact) mass is 302 g/mol. The van der Waals surface area contributed by atoms with Crippen LogP contribution in [-0.4, -0.2) is 22.1 Å². The highest BCUT2D eigenvalue weighted by Crippen LogP contribution is 2.24. The highest BCUT2D eigenvalue weighted by molar-refractivity contribution is 5.48. The van der Waals surface area contributed by atoms with Gasteiger partial charge >= 0.3 is 0 Å². The first-order valence-corrected chi connectivity index (χ1v) is 9.18. The minimum atomic E-state index is 0.583. The van der Waals surface area contributed by atoms with E-state index in [1.807, 2.05) is 6.92 Å². The molecule has 0 amide bonds. The van der Waals surface area contributed by atoms with E-state index in [2.05, 4.69) is 26.7 Å². The van der Waals surface area contributed by atoms with Gasteiger partial charge in [-0.3, -0.25) is 0 Å². The molecule has 2 aliphatic carbocycles. The van der Waals surface area contributed by atoms with Gasteiger partial charge in [-0.05, 0) is 32.6 Å². The van der Waals surface area contributed by atoms with Crippen molar-refractivity contribution in [3.63, 3.8) is 0 Å². The van der Waals surface area contributed by atoms with Crippen molar-refractivity contribution in [3.05, 3.63) is 11.9 Å². The van der Waals surface area contributed by atoms with Crippen molar-refractivity contribution in [2.45, 2.75) is 89.6 Å². The first kappa shape index (κ1) is 15.6. The Morgan fingerprint density at radius 2 is 1.14 bits per heavy atom. The summed E-state index contributed by atoms with van der Waals surface area (Å²) in [7, 11) is 0. The Morgan fingerprint density at radius 1 is 0.727 bits per heavy atom. The number of nitrogens with one attached hydrogen (secondary N) is 2. The third-order valence-electron chi connectivity index (χ3n) is 5.00. The third kappa shape index (κ3) is 4.59. The summed E-state index contributed by atoms with van der Waals surface area (Å²) in [5.74, 6) is 2.85. The highest BCUT2D eigenvalue weighted by atomic mass is 15.1. The first-order valence-electron chi connectivity index (χ1n) is 9.18. The molecule has 0 unspecified atom stereocenters. The van der Waals surface area contributed by atoms with Gasteiger partial charge < -0.3 is 10.6 Å². The fourth-order valence-corrected chi connectivity index (χ4v) is 3.80. The molecule has 1 aromatic heterocycles. The molecule has 0 radical (unpaired) electrons. The fraction of sp³-hybridized carbons (Fsp3) is 0.778. The van der Waals surface area contributed by atoms with Crippen molar-refractivity contribution in [3.8, 4) is 0 Å². The molecular weight excluding hydrogens is 272 g/mol. The maximum Gasteiger partial charge on any atom is 0.132 e. The van der Waals surface area contributed by atoms with Crippen molar-refractivity contribution in [1.29, 1.82) is 0 Å². The van der Waals surface area contributed by atoms with E-state index in [0.29, 0.717) is 12.1 Å². The maximum atomic E-state index is 4.59. The van der Waals surface area contributed by atoms with E-state index >= 15 is 0 Å². The fourth-order valence-electron chi connectivity index (χ4n) is 3.80. The molecule has 1 aromatic rings. The molecule has 0 aromatic carbocycles. The minimum absolute atomic E-state index is 0.583. The summed E-state index contributed by atoms with van der Waals surface area (Å²) in [6.45, 7) is 1.99. The zero-order valence-electron chi connectivity index (χ0n) is 13.9. The van der Waals surface area contributed by atoms with E-state index in [0.717, 1.165) is 17.5 Å². The molecule has 1 heterocycles. The maximum absolute atomic E-state index is 4.59. The predicted molar refractivity (Wildman–Crippen MR) is 92.4 cm³/mol. The quantitative estimate of drug-likeness (QED) is 0.794. The molecule has 122 valence electrons. The third-order valence-corrected chi connectivity index (χ3v) is 5.00. The average molecular weight is 302 g/mol. The van der Waals surface area contributed by atoms with Gasteiger partial charge in [0.2, 0.25) is 0 Å². The van der Waals surface area contributed by atoms with Crippen molar-refractivity contribution in [2.75, 3.05) is 10.6 Å². The van der Waals surface area contributed by atoms with E-state index in [1.54, 1.807) is 0 Å². The molecule has 2 fully saturated rings. The first-order chi connectivity index (χ1) is 10.8.